The second-order valence-corrected chi connectivity index (χ2v) is 7.82. The SMILES string of the molecule is CC(C)(N)C(C)(C)N.CNCCNC(C)(C)C(C)(C)N. The number of likely N-dealkylation sites (N-methyl/N-ethyl adjacent to an activating group) is 1. The third-order valence-electron chi connectivity index (χ3n) is 4.21. The highest BCUT2D eigenvalue weighted by molar-refractivity contribution is 4.97. The standard InChI is InChI=1S/C9H23N3.C6H16N2/c1-8(2,10)9(3,4)12-7-6-11-5;1-5(2,7)6(3,4)8/h11-12H,6-7,10H2,1-5H3;7-8H2,1-4H3. The van der Waals surface area contributed by atoms with Crippen LogP contribution < -0.4 is 27.8 Å². The molecule has 0 fully saturated rings. The van der Waals surface area contributed by atoms with Gasteiger partial charge in [0.1, 0.15) is 0 Å². The van der Waals surface area contributed by atoms with Crippen LogP contribution in [0.5, 0.6) is 0 Å². The molecule has 0 saturated carbocycles. The van der Waals surface area contributed by atoms with Crippen molar-refractivity contribution in [2.45, 2.75) is 77.5 Å². The van der Waals surface area contributed by atoms with Crippen LogP contribution >= 0.6 is 0 Å². The van der Waals surface area contributed by atoms with E-state index in [1.165, 1.54) is 0 Å². The molecule has 0 unspecified atom stereocenters. The van der Waals surface area contributed by atoms with Crippen molar-refractivity contribution < 1.29 is 0 Å². The highest BCUT2D eigenvalue weighted by Gasteiger charge is 2.32. The molecule has 0 aromatic heterocycles. The minimum absolute atomic E-state index is 0.0240. The van der Waals surface area contributed by atoms with Gasteiger partial charge in [0.2, 0.25) is 0 Å². The molecular formula is C15H39N5. The average molecular weight is 290 g/mol. The second-order valence-electron chi connectivity index (χ2n) is 7.82. The number of nitrogens with two attached hydrogens (primary N) is 3. The molecule has 124 valence electrons. The molecule has 0 aliphatic rings. The quantitative estimate of drug-likeness (QED) is 0.465. The fraction of sp³-hybridized carbons (Fsp3) is 1.00. The number of hydrogen-bond acceptors (Lipinski definition) is 5. The summed E-state index contributed by atoms with van der Waals surface area (Å²) in [5.74, 6) is 0. The fourth-order valence-electron chi connectivity index (χ4n) is 0.728. The largest absolute Gasteiger partial charge is 0.324 e. The van der Waals surface area contributed by atoms with Crippen LogP contribution in [0.3, 0.4) is 0 Å². The molecule has 0 amide bonds. The van der Waals surface area contributed by atoms with Crippen molar-refractivity contribution in [3.05, 3.63) is 0 Å². The van der Waals surface area contributed by atoms with Gasteiger partial charge in [0.25, 0.3) is 0 Å². The number of nitrogens with one attached hydrogen (secondary N) is 2. The fourth-order valence-corrected chi connectivity index (χ4v) is 0.728. The normalized spacial score (nSPS) is 13.8. The van der Waals surface area contributed by atoms with Crippen LogP contribution in [-0.4, -0.2) is 42.3 Å². The first-order valence-electron chi connectivity index (χ1n) is 7.32. The van der Waals surface area contributed by atoms with Gasteiger partial charge >= 0.3 is 0 Å². The Labute approximate surface area is 126 Å². The molecule has 20 heavy (non-hydrogen) atoms. The molecule has 0 aliphatic heterocycles. The minimum Gasteiger partial charge on any atom is -0.324 e. The molecule has 8 N–H and O–H groups in total. The van der Waals surface area contributed by atoms with E-state index in [0.717, 1.165) is 13.1 Å². The van der Waals surface area contributed by atoms with Gasteiger partial charge in [0.15, 0.2) is 0 Å². The Morgan fingerprint density at radius 2 is 1.00 bits per heavy atom. The summed E-state index contributed by atoms with van der Waals surface area (Å²) in [6.45, 7) is 18.0. The predicted molar refractivity (Wildman–Crippen MR) is 90.8 cm³/mol. The summed E-state index contributed by atoms with van der Waals surface area (Å²) in [4.78, 5) is 0. The first-order valence-corrected chi connectivity index (χ1v) is 7.32. The van der Waals surface area contributed by atoms with E-state index < -0.39 is 0 Å². The van der Waals surface area contributed by atoms with E-state index in [0.29, 0.717) is 0 Å². The summed E-state index contributed by atoms with van der Waals surface area (Å²) in [7, 11) is 1.95. The van der Waals surface area contributed by atoms with Crippen LogP contribution in [0.4, 0.5) is 0 Å². The Bertz CT molecular complexity index is 241. The molecule has 0 radical (unpaired) electrons. The third-order valence-corrected chi connectivity index (χ3v) is 4.21. The van der Waals surface area contributed by atoms with Crippen molar-refractivity contribution >= 4 is 0 Å². The van der Waals surface area contributed by atoms with E-state index in [4.69, 9.17) is 17.2 Å². The third kappa shape index (κ3) is 8.87. The Kier molecular flexibility index (Phi) is 8.51. The van der Waals surface area contributed by atoms with Crippen molar-refractivity contribution in [3.63, 3.8) is 0 Å². The van der Waals surface area contributed by atoms with Gasteiger partial charge in [-0.1, -0.05) is 0 Å². The summed E-state index contributed by atoms with van der Waals surface area (Å²) < 4.78 is 0. The van der Waals surface area contributed by atoms with Crippen LogP contribution in [0.2, 0.25) is 0 Å². The first-order chi connectivity index (χ1) is 8.56. The van der Waals surface area contributed by atoms with Gasteiger partial charge in [-0.25, -0.2) is 0 Å². The van der Waals surface area contributed by atoms with Crippen molar-refractivity contribution in [1.29, 1.82) is 0 Å². The Balaban J connectivity index is 0. The molecule has 0 aromatic rings. The number of hydrogen-bond donors (Lipinski definition) is 5. The van der Waals surface area contributed by atoms with Gasteiger partial charge in [-0.2, -0.15) is 0 Å². The van der Waals surface area contributed by atoms with Crippen LogP contribution in [0.1, 0.15) is 55.4 Å². The van der Waals surface area contributed by atoms with E-state index >= 15 is 0 Å². The van der Waals surface area contributed by atoms with Crippen LogP contribution in [0, 0.1) is 0 Å². The lowest BCUT2D eigenvalue weighted by Gasteiger charge is -2.39. The Hall–Kier alpha value is -0.200. The van der Waals surface area contributed by atoms with Gasteiger partial charge in [-0.15, -0.1) is 0 Å². The van der Waals surface area contributed by atoms with Crippen LogP contribution in [0.15, 0.2) is 0 Å². The molecule has 5 nitrogen and oxygen atoms in total. The summed E-state index contributed by atoms with van der Waals surface area (Å²) in [6.07, 6.45) is 0. The maximum Gasteiger partial charge on any atom is 0.0300 e. The molecule has 0 aliphatic carbocycles. The molecule has 0 atom stereocenters. The summed E-state index contributed by atoms with van der Waals surface area (Å²) in [6, 6.07) is 0. The van der Waals surface area contributed by atoms with E-state index in [1.54, 1.807) is 0 Å². The zero-order valence-corrected chi connectivity index (χ0v) is 15.1. The topological polar surface area (TPSA) is 102 Å². The van der Waals surface area contributed by atoms with E-state index in [1.807, 2.05) is 48.6 Å². The lowest BCUT2D eigenvalue weighted by molar-refractivity contribution is 0.244. The first kappa shape index (κ1) is 22.1. The molecule has 0 saturated heterocycles. The van der Waals surface area contributed by atoms with E-state index in [9.17, 15) is 0 Å². The molecule has 0 heterocycles. The van der Waals surface area contributed by atoms with Crippen LogP contribution in [0.25, 0.3) is 0 Å². The second kappa shape index (κ2) is 7.71. The van der Waals surface area contributed by atoms with Gasteiger partial charge in [-0.05, 0) is 62.4 Å². The van der Waals surface area contributed by atoms with Gasteiger partial charge in [-0.3, -0.25) is 0 Å². The zero-order valence-electron chi connectivity index (χ0n) is 15.1. The molecule has 0 spiro atoms. The average Bonchev–Trinajstić information content (AvgIpc) is 2.13. The van der Waals surface area contributed by atoms with Gasteiger partial charge < -0.3 is 27.8 Å². The van der Waals surface area contributed by atoms with E-state index in [2.05, 4.69) is 24.5 Å². The van der Waals surface area contributed by atoms with Crippen molar-refractivity contribution in [1.82, 2.24) is 10.6 Å². The Morgan fingerprint density at radius 1 is 0.650 bits per heavy atom. The predicted octanol–water partition coefficient (Wildman–Crippen LogP) is 0.772. The summed E-state index contributed by atoms with van der Waals surface area (Å²) in [5, 5.41) is 6.50. The van der Waals surface area contributed by atoms with Crippen molar-refractivity contribution in [3.8, 4) is 0 Å². The minimum atomic E-state index is -0.285. The highest BCUT2D eigenvalue weighted by atomic mass is 15.0. The number of rotatable bonds is 6. The molecule has 5 heteroatoms. The Morgan fingerprint density at radius 3 is 1.20 bits per heavy atom. The smallest absolute Gasteiger partial charge is 0.0300 e. The lowest BCUT2D eigenvalue weighted by atomic mass is 9.83. The monoisotopic (exact) mass is 289 g/mol. The highest BCUT2D eigenvalue weighted by Crippen LogP contribution is 2.17. The maximum atomic E-state index is 6.01. The van der Waals surface area contributed by atoms with Crippen molar-refractivity contribution in [2.75, 3.05) is 20.1 Å². The molecule has 0 bridgehead atoms. The zero-order chi connectivity index (χ0) is 16.8. The molecule has 0 rings (SSSR count). The maximum absolute atomic E-state index is 6.01. The summed E-state index contributed by atoms with van der Waals surface area (Å²) in [5.41, 5.74) is 16.6. The van der Waals surface area contributed by atoms with Crippen molar-refractivity contribution in [2.24, 2.45) is 17.2 Å². The van der Waals surface area contributed by atoms with E-state index in [-0.39, 0.29) is 22.2 Å². The van der Waals surface area contributed by atoms with Gasteiger partial charge in [0.05, 0.1) is 0 Å². The van der Waals surface area contributed by atoms with Gasteiger partial charge in [0, 0.05) is 35.2 Å². The molecule has 0 aromatic carbocycles. The van der Waals surface area contributed by atoms with Crippen LogP contribution in [-0.2, 0) is 0 Å². The summed E-state index contributed by atoms with van der Waals surface area (Å²) >= 11 is 0. The molecular weight excluding hydrogens is 250 g/mol. The lowest BCUT2D eigenvalue weighted by Crippen LogP contribution is -2.61.